The molecular weight excluding hydrogens is 379 g/mol. The van der Waals surface area contributed by atoms with Crippen LogP contribution in [0.3, 0.4) is 0 Å². The summed E-state index contributed by atoms with van der Waals surface area (Å²) < 4.78 is 29.9. The lowest BCUT2D eigenvalue weighted by Gasteiger charge is -2.29. The molecule has 7 heteroatoms. The first-order valence-electron chi connectivity index (χ1n) is 9.11. The van der Waals surface area contributed by atoms with Crippen LogP contribution in [0.25, 0.3) is 11.1 Å². The Bertz CT molecular complexity index is 960. The van der Waals surface area contributed by atoms with E-state index in [0.29, 0.717) is 11.1 Å². The zero-order valence-corrected chi connectivity index (χ0v) is 16.6. The number of fused-ring (bicyclic) bond motifs is 3. The Morgan fingerprint density at radius 3 is 2.04 bits per heavy atom. The zero-order chi connectivity index (χ0) is 19.9. The summed E-state index contributed by atoms with van der Waals surface area (Å²) in [4.78, 5) is 23.7. The number of esters is 2. The van der Waals surface area contributed by atoms with Crippen LogP contribution in [-0.2, 0) is 23.6 Å². The van der Waals surface area contributed by atoms with Crippen LogP contribution in [0.15, 0.2) is 48.5 Å². The molecule has 2 aliphatic rings. The summed E-state index contributed by atoms with van der Waals surface area (Å²) in [5.74, 6) is -0.726. The average molecular weight is 400 g/mol. The first-order chi connectivity index (χ1) is 13.5. The van der Waals surface area contributed by atoms with Crippen LogP contribution >= 0.6 is 7.37 Å². The largest absolute Gasteiger partial charge is 0.469 e. The second kappa shape index (κ2) is 7.10. The molecule has 2 aromatic rings. The molecule has 0 bridgehead atoms. The highest BCUT2D eigenvalue weighted by Crippen LogP contribution is 2.70. The van der Waals surface area contributed by atoms with Gasteiger partial charge in [0.2, 0.25) is 0 Å². The second-order valence-electron chi connectivity index (χ2n) is 7.08. The molecule has 0 radical (unpaired) electrons. The van der Waals surface area contributed by atoms with E-state index < -0.39 is 13.0 Å². The van der Waals surface area contributed by atoms with Crippen molar-refractivity contribution in [2.75, 3.05) is 14.2 Å². The molecule has 3 atom stereocenters. The fourth-order valence-corrected chi connectivity index (χ4v) is 7.56. The Kier molecular flexibility index (Phi) is 4.76. The van der Waals surface area contributed by atoms with Crippen LogP contribution in [0.4, 0.5) is 0 Å². The van der Waals surface area contributed by atoms with Crippen molar-refractivity contribution in [2.24, 2.45) is 11.8 Å². The van der Waals surface area contributed by atoms with E-state index in [9.17, 15) is 14.2 Å². The smallest absolute Gasteiger partial charge is 0.305 e. The van der Waals surface area contributed by atoms with E-state index in [4.69, 9.17) is 14.0 Å². The van der Waals surface area contributed by atoms with Gasteiger partial charge in [0.1, 0.15) is 5.75 Å². The average Bonchev–Trinajstić information content (AvgIpc) is 3.40. The van der Waals surface area contributed by atoms with Gasteiger partial charge in [-0.25, -0.2) is 0 Å². The lowest BCUT2D eigenvalue weighted by atomic mass is 10.0. The molecule has 3 unspecified atom stereocenters. The van der Waals surface area contributed by atoms with E-state index in [1.54, 1.807) is 6.07 Å². The van der Waals surface area contributed by atoms with E-state index in [0.717, 1.165) is 11.1 Å². The molecule has 1 heterocycles. The van der Waals surface area contributed by atoms with E-state index in [1.807, 2.05) is 42.5 Å². The minimum absolute atomic E-state index is 0.0972. The molecule has 1 aliphatic carbocycles. The maximum atomic E-state index is 14.2. The molecule has 1 saturated carbocycles. The third-order valence-electron chi connectivity index (χ3n) is 5.59. The summed E-state index contributed by atoms with van der Waals surface area (Å²) in [5, 5.41) is 0.640. The van der Waals surface area contributed by atoms with Crippen LogP contribution < -0.4 is 9.83 Å². The number of ether oxygens (including phenoxy) is 2. The van der Waals surface area contributed by atoms with Gasteiger partial charge >= 0.3 is 11.9 Å². The van der Waals surface area contributed by atoms with Crippen molar-refractivity contribution < 1.29 is 28.2 Å². The highest BCUT2D eigenvalue weighted by Gasteiger charge is 2.64. The van der Waals surface area contributed by atoms with Gasteiger partial charge in [-0.2, -0.15) is 0 Å². The summed E-state index contributed by atoms with van der Waals surface area (Å²) in [7, 11) is -0.719. The Labute approximate surface area is 163 Å². The molecule has 28 heavy (non-hydrogen) atoms. The van der Waals surface area contributed by atoms with Crippen LogP contribution in [0, 0.1) is 11.8 Å². The first-order valence-corrected chi connectivity index (χ1v) is 10.8. The maximum absolute atomic E-state index is 14.2. The standard InChI is InChI=1S/C21H21O6P/c1-25-19(22)11-15-16(12-20(23)26-2)21(15)28(24)18-10-6-4-8-14(18)13-7-3-5-9-17(13)27-28/h3-10,15-16,21H,11-12H2,1-2H3. The quantitative estimate of drug-likeness (QED) is 0.566. The van der Waals surface area contributed by atoms with Crippen LogP contribution in [-0.4, -0.2) is 31.8 Å². The molecule has 146 valence electrons. The van der Waals surface area contributed by atoms with Crippen LogP contribution in [0.1, 0.15) is 12.8 Å². The first kappa shape index (κ1) is 18.8. The molecule has 2 aromatic carbocycles. The van der Waals surface area contributed by atoms with Gasteiger partial charge in [0.05, 0.1) is 25.2 Å². The van der Waals surface area contributed by atoms with Crippen molar-refractivity contribution in [1.29, 1.82) is 0 Å². The van der Waals surface area contributed by atoms with Crippen molar-refractivity contribution >= 4 is 24.6 Å². The number of hydrogen-bond acceptors (Lipinski definition) is 6. The highest BCUT2D eigenvalue weighted by atomic mass is 31.2. The van der Waals surface area contributed by atoms with E-state index >= 15 is 0 Å². The van der Waals surface area contributed by atoms with Gasteiger partial charge in [-0.3, -0.25) is 14.2 Å². The number of methoxy groups -OCH3 is 2. The summed E-state index contributed by atoms with van der Waals surface area (Å²) >= 11 is 0. The lowest BCUT2D eigenvalue weighted by molar-refractivity contribution is -0.143. The maximum Gasteiger partial charge on any atom is 0.305 e. The third kappa shape index (κ3) is 3.02. The molecule has 0 saturated heterocycles. The van der Waals surface area contributed by atoms with Gasteiger partial charge in [-0.1, -0.05) is 36.4 Å². The van der Waals surface area contributed by atoms with Crippen molar-refractivity contribution in [1.82, 2.24) is 0 Å². The molecule has 6 nitrogen and oxygen atoms in total. The fraction of sp³-hybridized carbons (Fsp3) is 0.333. The normalized spacial score (nSPS) is 27.0. The highest BCUT2D eigenvalue weighted by molar-refractivity contribution is 7.68. The van der Waals surface area contributed by atoms with Gasteiger partial charge in [0.25, 0.3) is 7.37 Å². The molecule has 0 aromatic heterocycles. The van der Waals surface area contributed by atoms with Crippen molar-refractivity contribution in [3.8, 4) is 16.9 Å². The zero-order valence-electron chi connectivity index (χ0n) is 15.7. The van der Waals surface area contributed by atoms with Gasteiger partial charge in [0.15, 0.2) is 0 Å². The Morgan fingerprint density at radius 1 is 0.893 bits per heavy atom. The molecular formula is C21H21O6P. The number of para-hydroxylation sites is 1. The van der Waals surface area contributed by atoms with Crippen molar-refractivity contribution in [2.45, 2.75) is 18.5 Å². The predicted molar refractivity (Wildman–Crippen MR) is 104 cm³/mol. The summed E-state index contributed by atoms with van der Waals surface area (Å²) in [5.41, 5.74) is 1.33. The fourth-order valence-electron chi connectivity index (χ4n) is 4.18. The molecule has 1 aliphatic heterocycles. The number of benzene rings is 2. The van der Waals surface area contributed by atoms with Crippen LogP contribution in [0.2, 0.25) is 0 Å². The predicted octanol–water partition coefficient (Wildman–Crippen LogP) is 3.39. The number of carbonyl (C=O) groups is 2. The third-order valence-corrected chi connectivity index (χ3v) is 8.67. The van der Waals surface area contributed by atoms with E-state index in [-0.39, 0.29) is 36.6 Å². The topological polar surface area (TPSA) is 78.9 Å². The number of carbonyl (C=O) groups excluding carboxylic acids is 2. The molecule has 0 spiro atoms. The molecule has 4 rings (SSSR count). The number of rotatable bonds is 5. The Balaban J connectivity index is 1.75. The second-order valence-corrected chi connectivity index (χ2v) is 9.54. The molecule has 0 N–H and O–H groups in total. The molecule has 0 amide bonds. The minimum atomic E-state index is -3.36. The molecule has 1 fully saturated rings. The van der Waals surface area contributed by atoms with Crippen molar-refractivity contribution in [3.05, 3.63) is 48.5 Å². The summed E-state index contributed by atoms with van der Waals surface area (Å²) in [6.07, 6.45) is 0.194. The Morgan fingerprint density at radius 2 is 1.43 bits per heavy atom. The van der Waals surface area contributed by atoms with Gasteiger partial charge in [-0.15, -0.1) is 0 Å². The summed E-state index contributed by atoms with van der Waals surface area (Å²) in [6.45, 7) is 0. The van der Waals surface area contributed by atoms with Gasteiger partial charge in [-0.05, 0) is 29.5 Å². The minimum Gasteiger partial charge on any atom is -0.469 e. The lowest BCUT2D eigenvalue weighted by Crippen LogP contribution is -2.22. The Hall–Kier alpha value is -2.59. The monoisotopic (exact) mass is 400 g/mol. The van der Waals surface area contributed by atoms with E-state index in [1.165, 1.54) is 14.2 Å². The van der Waals surface area contributed by atoms with Crippen LogP contribution in [0.5, 0.6) is 5.75 Å². The van der Waals surface area contributed by atoms with E-state index in [2.05, 4.69) is 0 Å². The summed E-state index contributed by atoms with van der Waals surface area (Å²) in [6, 6.07) is 14.9. The van der Waals surface area contributed by atoms with Crippen molar-refractivity contribution in [3.63, 3.8) is 0 Å². The SMILES string of the molecule is COC(=O)CC1C(CC(=O)OC)C1P1(=O)Oc2ccccc2-c2ccccc21. The number of hydrogen-bond donors (Lipinski definition) is 0. The van der Waals surface area contributed by atoms with Gasteiger partial charge < -0.3 is 14.0 Å². The van der Waals surface area contributed by atoms with Gasteiger partial charge in [0, 0.05) is 18.4 Å².